The smallest absolute Gasteiger partial charge is 0.257 e. The molecule has 0 spiro atoms. The first-order valence-electron chi connectivity index (χ1n) is 6.57. The van der Waals surface area contributed by atoms with Gasteiger partial charge in [0.05, 0.1) is 5.52 Å². The van der Waals surface area contributed by atoms with Crippen LogP contribution in [-0.2, 0) is 4.79 Å². The van der Waals surface area contributed by atoms with Gasteiger partial charge >= 0.3 is 0 Å². The van der Waals surface area contributed by atoms with Crippen molar-refractivity contribution in [2.75, 3.05) is 13.7 Å². The Morgan fingerprint density at radius 1 is 1.14 bits per heavy atom. The minimum atomic E-state index is -0.220. The number of aromatic nitrogens is 1. The third-order valence-corrected chi connectivity index (χ3v) is 3.33. The number of pyridine rings is 1. The predicted octanol–water partition coefficient (Wildman–Crippen LogP) is 1.81. The van der Waals surface area contributed by atoms with Crippen molar-refractivity contribution in [1.82, 2.24) is 10.3 Å². The first-order valence-corrected chi connectivity index (χ1v) is 6.57. The molecule has 1 amide bonds. The lowest BCUT2D eigenvalue weighted by atomic mass is 10.1. The van der Waals surface area contributed by atoms with Gasteiger partial charge < -0.3 is 15.0 Å². The Morgan fingerprint density at radius 3 is 2.71 bits per heavy atom. The Balaban J connectivity index is 2.08. The number of rotatable bonds is 3. The van der Waals surface area contributed by atoms with Gasteiger partial charge in [-0.25, -0.2) is 0 Å². The molecular formula is C16H14N2O3. The van der Waals surface area contributed by atoms with E-state index in [2.05, 4.69) is 10.3 Å². The number of ether oxygens (including phenoxy) is 1. The van der Waals surface area contributed by atoms with Crippen LogP contribution in [0.3, 0.4) is 0 Å². The average molecular weight is 282 g/mol. The van der Waals surface area contributed by atoms with Crippen molar-refractivity contribution in [3.8, 4) is 5.75 Å². The molecule has 0 aliphatic carbocycles. The molecule has 0 radical (unpaired) electrons. The van der Waals surface area contributed by atoms with E-state index in [1.54, 1.807) is 31.3 Å². The van der Waals surface area contributed by atoms with E-state index >= 15 is 0 Å². The van der Waals surface area contributed by atoms with E-state index in [4.69, 9.17) is 4.74 Å². The molecule has 1 heterocycles. The highest BCUT2D eigenvalue weighted by molar-refractivity contribution is 5.92. The van der Waals surface area contributed by atoms with E-state index in [1.807, 2.05) is 18.2 Å². The largest absolute Gasteiger partial charge is 0.484 e. The summed E-state index contributed by atoms with van der Waals surface area (Å²) < 4.78 is 5.37. The number of hydrogen-bond donors (Lipinski definition) is 2. The number of aromatic amines is 1. The Morgan fingerprint density at radius 2 is 1.90 bits per heavy atom. The van der Waals surface area contributed by atoms with Crippen LogP contribution in [0.15, 0.2) is 47.3 Å². The molecule has 2 aromatic carbocycles. The lowest BCUT2D eigenvalue weighted by Crippen LogP contribution is -2.24. The molecule has 3 rings (SSSR count). The molecule has 0 aliphatic heterocycles. The van der Waals surface area contributed by atoms with Crippen LogP contribution < -0.4 is 15.5 Å². The summed E-state index contributed by atoms with van der Waals surface area (Å²) in [5.41, 5.74) is 1.49. The maximum Gasteiger partial charge on any atom is 0.257 e. The Kier molecular flexibility index (Phi) is 3.31. The number of H-pyrrole nitrogens is 1. The standard InChI is InChI=1S/C16H14N2O3/c1-17-15(19)9-21-10-6-7-14-12(8-10)16(20)11-4-2-3-5-13(11)18-14/h2-8H,9H2,1H3,(H,17,19)(H,18,20). The van der Waals surface area contributed by atoms with E-state index < -0.39 is 0 Å². The molecule has 106 valence electrons. The van der Waals surface area contributed by atoms with Crippen molar-refractivity contribution < 1.29 is 9.53 Å². The maximum atomic E-state index is 12.5. The average Bonchev–Trinajstić information content (AvgIpc) is 2.53. The van der Waals surface area contributed by atoms with Crippen molar-refractivity contribution in [3.05, 3.63) is 52.7 Å². The second-order valence-electron chi connectivity index (χ2n) is 4.67. The fourth-order valence-corrected chi connectivity index (χ4v) is 2.21. The van der Waals surface area contributed by atoms with Gasteiger partial charge in [0.1, 0.15) is 5.75 Å². The van der Waals surface area contributed by atoms with Crippen molar-refractivity contribution >= 4 is 27.7 Å². The first-order chi connectivity index (χ1) is 10.2. The first kappa shape index (κ1) is 13.2. The third-order valence-electron chi connectivity index (χ3n) is 3.33. The minimum absolute atomic E-state index is 0.0512. The van der Waals surface area contributed by atoms with E-state index in [0.29, 0.717) is 16.5 Å². The van der Waals surface area contributed by atoms with E-state index in [0.717, 1.165) is 11.0 Å². The van der Waals surface area contributed by atoms with Gasteiger partial charge in [-0.15, -0.1) is 0 Å². The van der Waals surface area contributed by atoms with E-state index in [-0.39, 0.29) is 17.9 Å². The molecule has 0 saturated carbocycles. The van der Waals surface area contributed by atoms with Crippen LogP contribution >= 0.6 is 0 Å². The van der Waals surface area contributed by atoms with Gasteiger partial charge in [0, 0.05) is 23.3 Å². The maximum absolute atomic E-state index is 12.5. The molecule has 0 aliphatic rings. The summed E-state index contributed by atoms with van der Waals surface area (Å²) in [6.07, 6.45) is 0. The molecule has 1 aromatic heterocycles. The fraction of sp³-hybridized carbons (Fsp3) is 0.125. The summed E-state index contributed by atoms with van der Waals surface area (Å²) >= 11 is 0. The zero-order chi connectivity index (χ0) is 14.8. The topological polar surface area (TPSA) is 71.2 Å². The molecule has 5 heteroatoms. The Hall–Kier alpha value is -2.82. The number of amides is 1. The van der Waals surface area contributed by atoms with Crippen molar-refractivity contribution in [2.24, 2.45) is 0 Å². The number of carbonyl (C=O) groups is 1. The highest BCUT2D eigenvalue weighted by Gasteiger charge is 2.07. The number of carbonyl (C=O) groups excluding carboxylic acids is 1. The second-order valence-corrected chi connectivity index (χ2v) is 4.67. The molecule has 0 fully saturated rings. The Labute approximate surface area is 120 Å². The third kappa shape index (κ3) is 2.45. The SMILES string of the molecule is CNC(=O)COc1ccc2[nH]c3ccccc3c(=O)c2c1. The number of benzene rings is 2. The molecule has 0 unspecified atom stereocenters. The summed E-state index contributed by atoms with van der Waals surface area (Å²) in [6.45, 7) is -0.0759. The number of fused-ring (bicyclic) bond motifs is 2. The van der Waals surface area contributed by atoms with Gasteiger partial charge in [0.2, 0.25) is 0 Å². The summed E-state index contributed by atoms with van der Waals surface area (Å²) in [6, 6.07) is 12.5. The van der Waals surface area contributed by atoms with Crippen molar-refractivity contribution in [2.45, 2.75) is 0 Å². The number of para-hydroxylation sites is 1. The summed E-state index contributed by atoms with van der Waals surface area (Å²) in [7, 11) is 1.54. The van der Waals surface area contributed by atoms with Crippen molar-refractivity contribution in [3.63, 3.8) is 0 Å². The molecular weight excluding hydrogens is 268 g/mol. The van der Waals surface area contributed by atoms with Gasteiger partial charge in [-0.1, -0.05) is 12.1 Å². The molecule has 0 atom stereocenters. The molecule has 2 N–H and O–H groups in total. The monoisotopic (exact) mass is 282 g/mol. The van der Waals surface area contributed by atoms with Gasteiger partial charge in [0.25, 0.3) is 5.91 Å². The quantitative estimate of drug-likeness (QED) is 0.720. The highest BCUT2D eigenvalue weighted by atomic mass is 16.5. The molecule has 21 heavy (non-hydrogen) atoms. The normalized spacial score (nSPS) is 10.7. The summed E-state index contributed by atoms with van der Waals surface area (Å²) in [4.78, 5) is 26.9. The van der Waals surface area contributed by atoms with Crippen LogP contribution in [-0.4, -0.2) is 24.5 Å². The summed E-state index contributed by atoms with van der Waals surface area (Å²) in [5.74, 6) is 0.273. The Bertz CT molecular complexity index is 883. The molecule has 3 aromatic rings. The molecule has 0 bridgehead atoms. The predicted molar refractivity (Wildman–Crippen MR) is 81.6 cm³/mol. The van der Waals surface area contributed by atoms with Crippen LogP contribution in [0.2, 0.25) is 0 Å². The highest BCUT2D eigenvalue weighted by Crippen LogP contribution is 2.19. The van der Waals surface area contributed by atoms with Crippen LogP contribution in [0.1, 0.15) is 0 Å². The van der Waals surface area contributed by atoms with Gasteiger partial charge in [-0.2, -0.15) is 0 Å². The van der Waals surface area contributed by atoms with Gasteiger partial charge in [-0.05, 0) is 30.3 Å². The molecule has 0 saturated heterocycles. The van der Waals surface area contributed by atoms with Gasteiger partial charge in [-0.3, -0.25) is 9.59 Å². The number of hydrogen-bond acceptors (Lipinski definition) is 3. The van der Waals surface area contributed by atoms with Crippen LogP contribution in [0.25, 0.3) is 21.8 Å². The van der Waals surface area contributed by atoms with Crippen molar-refractivity contribution in [1.29, 1.82) is 0 Å². The lowest BCUT2D eigenvalue weighted by Gasteiger charge is -2.07. The van der Waals surface area contributed by atoms with Crippen LogP contribution in [0.4, 0.5) is 0 Å². The van der Waals surface area contributed by atoms with Crippen LogP contribution in [0.5, 0.6) is 5.75 Å². The van der Waals surface area contributed by atoms with Crippen LogP contribution in [0, 0.1) is 0 Å². The fourth-order valence-electron chi connectivity index (χ4n) is 2.21. The van der Waals surface area contributed by atoms with Gasteiger partial charge in [0.15, 0.2) is 12.0 Å². The minimum Gasteiger partial charge on any atom is -0.484 e. The number of nitrogens with one attached hydrogen (secondary N) is 2. The number of likely N-dealkylation sites (N-methyl/N-ethyl adjacent to an activating group) is 1. The second kappa shape index (κ2) is 5.28. The zero-order valence-corrected chi connectivity index (χ0v) is 11.5. The van der Waals surface area contributed by atoms with E-state index in [1.165, 1.54) is 0 Å². The van der Waals surface area contributed by atoms with E-state index in [9.17, 15) is 9.59 Å². The zero-order valence-electron chi connectivity index (χ0n) is 11.5. The molecule has 5 nitrogen and oxygen atoms in total. The summed E-state index contributed by atoms with van der Waals surface area (Å²) in [5, 5.41) is 3.65. The lowest BCUT2D eigenvalue weighted by molar-refractivity contribution is -0.122.